The van der Waals surface area contributed by atoms with Gasteiger partial charge in [0.25, 0.3) is 0 Å². The lowest BCUT2D eigenvalue weighted by molar-refractivity contribution is 0.00992. The molecule has 1 aliphatic heterocycles. The van der Waals surface area contributed by atoms with Gasteiger partial charge in [0.2, 0.25) is 0 Å². The molecule has 5 heteroatoms. The lowest BCUT2D eigenvalue weighted by Crippen LogP contribution is -2.47. The van der Waals surface area contributed by atoms with Crippen molar-refractivity contribution in [1.82, 2.24) is 10.2 Å². The number of nitrogens with zero attached hydrogens (tertiary/aromatic N) is 2. The molecule has 1 saturated heterocycles. The summed E-state index contributed by atoms with van der Waals surface area (Å²) in [6, 6.07) is 8.74. The van der Waals surface area contributed by atoms with Gasteiger partial charge in [0.1, 0.15) is 0 Å². The lowest BCUT2D eigenvalue weighted by Gasteiger charge is -2.34. The highest BCUT2D eigenvalue weighted by molar-refractivity contribution is 5.79. The molecule has 1 heterocycles. The van der Waals surface area contributed by atoms with Crippen LogP contribution in [0.4, 0.5) is 0 Å². The summed E-state index contributed by atoms with van der Waals surface area (Å²) < 4.78 is 11.0. The number of methoxy groups -OCH3 is 1. The molecular formula is C20H33N3O2. The zero-order valence-corrected chi connectivity index (χ0v) is 16.0. The Morgan fingerprint density at radius 3 is 2.56 bits per heavy atom. The third-order valence-corrected chi connectivity index (χ3v) is 4.62. The number of rotatable bonds is 8. The molecular weight excluding hydrogens is 314 g/mol. The van der Waals surface area contributed by atoms with Gasteiger partial charge >= 0.3 is 0 Å². The monoisotopic (exact) mass is 347 g/mol. The van der Waals surface area contributed by atoms with Gasteiger partial charge in [-0.15, -0.1) is 0 Å². The number of hydrogen-bond donors (Lipinski definition) is 1. The van der Waals surface area contributed by atoms with E-state index in [1.165, 1.54) is 11.1 Å². The minimum Gasteiger partial charge on any atom is -0.385 e. The van der Waals surface area contributed by atoms with E-state index in [-0.39, 0.29) is 0 Å². The molecule has 0 bridgehead atoms. The highest BCUT2D eigenvalue weighted by Gasteiger charge is 2.21. The van der Waals surface area contributed by atoms with Gasteiger partial charge in [-0.2, -0.15) is 0 Å². The minimum atomic E-state index is 0.374. The van der Waals surface area contributed by atoms with E-state index < -0.39 is 0 Å². The van der Waals surface area contributed by atoms with E-state index in [9.17, 15) is 0 Å². The van der Waals surface area contributed by atoms with Gasteiger partial charge in [-0.05, 0) is 38.2 Å². The van der Waals surface area contributed by atoms with Gasteiger partial charge in [0.15, 0.2) is 5.96 Å². The summed E-state index contributed by atoms with van der Waals surface area (Å²) in [6.07, 6.45) is 4.48. The van der Waals surface area contributed by atoms with Gasteiger partial charge in [-0.3, -0.25) is 4.99 Å². The van der Waals surface area contributed by atoms with E-state index in [4.69, 9.17) is 9.47 Å². The first-order valence-electron chi connectivity index (χ1n) is 9.34. The second-order valence-electron chi connectivity index (χ2n) is 6.61. The minimum absolute atomic E-state index is 0.374. The van der Waals surface area contributed by atoms with Gasteiger partial charge in [0, 0.05) is 47.0 Å². The fourth-order valence-electron chi connectivity index (χ4n) is 3.09. The quantitative estimate of drug-likeness (QED) is 0.446. The van der Waals surface area contributed by atoms with E-state index in [1.807, 2.05) is 7.05 Å². The average Bonchev–Trinajstić information content (AvgIpc) is 2.65. The van der Waals surface area contributed by atoms with Gasteiger partial charge in [0.05, 0.1) is 6.10 Å². The first-order valence-corrected chi connectivity index (χ1v) is 9.34. The number of aliphatic imine (C=N–C) groups is 1. The molecule has 0 atom stereocenters. The molecule has 0 amide bonds. The van der Waals surface area contributed by atoms with Crippen LogP contribution in [-0.4, -0.2) is 64.0 Å². The second-order valence-corrected chi connectivity index (χ2v) is 6.61. The van der Waals surface area contributed by atoms with Crippen LogP contribution in [0.15, 0.2) is 29.3 Å². The van der Waals surface area contributed by atoms with Crippen LogP contribution in [-0.2, 0) is 15.9 Å². The number of nitrogens with one attached hydrogen (secondary N) is 1. The summed E-state index contributed by atoms with van der Waals surface area (Å²) in [4.78, 5) is 6.78. The molecule has 25 heavy (non-hydrogen) atoms. The van der Waals surface area contributed by atoms with Crippen LogP contribution in [0.1, 0.15) is 30.4 Å². The van der Waals surface area contributed by atoms with Crippen molar-refractivity contribution in [1.29, 1.82) is 0 Å². The number of ether oxygens (including phenoxy) is 2. The maximum Gasteiger partial charge on any atom is 0.193 e. The Bertz CT molecular complexity index is 508. The SMILES string of the molecule is CN=C(NCCc1ccc(C)cc1)N1CCC(OCCCOC)CC1. The number of piperidine rings is 1. The molecule has 1 N–H and O–H groups in total. The van der Waals surface area contributed by atoms with E-state index in [0.717, 1.165) is 64.5 Å². The maximum atomic E-state index is 5.93. The van der Waals surface area contributed by atoms with Crippen LogP contribution >= 0.6 is 0 Å². The van der Waals surface area contributed by atoms with Gasteiger partial charge < -0.3 is 19.7 Å². The Kier molecular flexibility index (Phi) is 8.77. The van der Waals surface area contributed by atoms with Crippen molar-refractivity contribution in [2.75, 3.05) is 47.0 Å². The predicted octanol–water partition coefficient (Wildman–Crippen LogP) is 2.63. The molecule has 1 fully saturated rings. The molecule has 0 aliphatic carbocycles. The average molecular weight is 348 g/mol. The van der Waals surface area contributed by atoms with Crippen LogP contribution in [0.3, 0.4) is 0 Å². The molecule has 1 aromatic rings. The van der Waals surface area contributed by atoms with Crippen LogP contribution < -0.4 is 5.32 Å². The Morgan fingerprint density at radius 1 is 1.20 bits per heavy atom. The zero-order chi connectivity index (χ0) is 17.9. The zero-order valence-electron chi connectivity index (χ0n) is 16.0. The van der Waals surface area contributed by atoms with E-state index in [0.29, 0.717) is 6.10 Å². The normalized spacial score (nSPS) is 16.3. The van der Waals surface area contributed by atoms with Crippen molar-refractivity contribution >= 4 is 5.96 Å². The van der Waals surface area contributed by atoms with Crippen molar-refractivity contribution in [2.24, 2.45) is 4.99 Å². The summed E-state index contributed by atoms with van der Waals surface area (Å²) in [5.74, 6) is 1.00. The predicted molar refractivity (Wildman–Crippen MR) is 103 cm³/mol. The molecule has 5 nitrogen and oxygen atoms in total. The van der Waals surface area contributed by atoms with Crippen LogP contribution in [0, 0.1) is 6.92 Å². The van der Waals surface area contributed by atoms with Gasteiger partial charge in [-0.25, -0.2) is 0 Å². The highest BCUT2D eigenvalue weighted by atomic mass is 16.5. The van der Waals surface area contributed by atoms with Crippen molar-refractivity contribution in [3.05, 3.63) is 35.4 Å². The highest BCUT2D eigenvalue weighted by Crippen LogP contribution is 2.14. The smallest absolute Gasteiger partial charge is 0.193 e. The molecule has 0 radical (unpaired) electrons. The fraction of sp³-hybridized carbons (Fsp3) is 0.650. The summed E-state index contributed by atoms with van der Waals surface area (Å²) in [6.45, 7) is 6.59. The van der Waals surface area contributed by atoms with E-state index in [2.05, 4.69) is 46.4 Å². The summed E-state index contributed by atoms with van der Waals surface area (Å²) in [5, 5.41) is 3.50. The third-order valence-electron chi connectivity index (χ3n) is 4.62. The Labute approximate surface area is 152 Å². The number of aryl methyl sites for hydroxylation is 1. The molecule has 2 rings (SSSR count). The van der Waals surface area contributed by atoms with E-state index >= 15 is 0 Å². The largest absolute Gasteiger partial charge is 0.385 e. The number of guanidine groups is 1. The third kappa shape index (κ3) is 7.04. The molecule has 0 unspecified atom stereocenters. The number of hydrogen-bond acceptors (Lipinski definition) is 3. The second kappa shape index (κ2) is 11.1. The standard InChI is InChI=1S/C20H33N3O2/c1-17-5-7-18(8-6-17)9-12-22-20(21-2)23-13-10-19(11-14-23)25-16-4-15-24-3/h5-8,19H,4,9-16H2,1-3H3,(H,21,22). The summed E-state index contributed by atoms with van der Waals surface area (Å²) >= 11 is 0. The molecule has 0 spiro atoms. The first-order chi connectivity index (χ1) is 12.2. The summed E-state index contributed by atoms with van der Waals surface area (Å²) in [7, 11) is 3.59. The van der Waals surface area contributed by atoms with Crippen LogP contribution in [0.5, 0.6) is 0 Å². The maximum absolute atomic E-state index is 5.93. The lowest BCUT2D eigenvalue weighted by atomic mass is 10.1. The van der Waals surface area contributed by atoms with Crippen LogP contribution in [0.2, 0.25) is 0 Å². The summed E-state index contributed by atoms with van der Waals surface area (Å²) in [5.41, 5.74) is 2.66. The molecule has 1 aliphatic rings. The van der Waals surface area contributed by atoms with Crippen LogP contribution in [0.25, 0.3) is 0 Å². The fourth-order valence-corrected chi connectivity index (χ4v) is 3.09. The first kappa shape index (κ1) is 19.7. The number of likely N-dealkylation sites (tertiary alicyclic amines) is 1. The van der Waals surface area contributed by atoms with Crippen molar-refractivity contribution in [2.45, 2.75) is 38.7 Å². The van der Waals surface area contributed by atoms with Crippen molar-refractivity contribution < 1.29 is 9.47 Å². The molecule has 140 valence electrons. The number of benzene rings is 1. The topological polar surface area (TPSA) is 46.1 Å². The van der Waals surface area contributed by atoms with Gasteiger partial charge in [-0.1, -0.05) is 29.8 Å². The Balaban J connectivity index is 1.66. The Hall–Kier alpha value is -1.59. The Morgan fingerprint density at radius 2 is 1.92 bits per heavy atom. The molecule has 0 saturated carbocycles. The van der Waals surface area contributed by atoms with E-state index in [1.54, 1.807) is 7.11 Å². The van der Waals surface area contributed by atoms with Crippen molar-refractivity contribution in [3.63, 3.8) is 0 Å². The molecule has 0 aromatic heterocycles. The van der Waals surface area contributed by atoms with Crippen molar-refractivity contribution in [3.8, 4) is 0 Å². The molecule has 1 aromatic carbocycles.